The topological polar surface area (TPSA) is 95.5 Å². The Kier molecular flexibility index (Phi) is 4.91. The van der Waals surface area contributed by atoms with Gasteiger partial charge in [-0.05, 0) is 19.4 Å². The number of anilines is 1. The first-order chi connectivity index (χ1) is 9.59. The van der Waals surface area contributed by atoms with Crippen molar-refractivity contribution >= 4 is 5.95 Å². The van der Waals surface area contributed by atoms with Crippen molar-refractivity contribution in [2.75, 3.05) is 25.4 Å². The van der Waals surface area contributed by atoms with Gasteiger partial charge in [-0.15, -0.1) is 0 Å². The van der Waals surface area contributed by atoms with Crippen molar-refractivity contribution in [2.45, 2.75) is 38.8 Å². The van der Waals surface area contributed by atoms with Gasteiger partial charge in [-0.2, -0.15) is 0 Å². The van der Waals surface area contributed by atoms with Crippen LogP contribution in [-0.2, 0) is 6.54 Å². The van der Waals surface area contributed by atoms with Crippen LogP contribution in [0.2, 0.25) is 0 Å². The van der Waals surface area contributed by atoms with E-state index in [0.717, 1.165) is 31.4 Å². The lowest BCUT2D eigenvalue weighted by atomic mass is 9.73. The Labute approximate surface area is 119 Å². The first-order valence-corrected chi connectivity index (χ1v) is 7.17. The van der Waals surface area contributed by atoms with Gasteiger partial charge in [-0.1, -0.05) is 13.3 Å². The van der Waals surface area contributed by atoms with Gasteiger partial charge in [0.15, 0.2) is 0 Å². The van der Waals surface area contributed by atoms with Gasteiger partial charge in [0.25, 0.3) is 0 Å². The minimum Gasteiger partial charge on any atom is -0.396 e. The molecule has 2 heterocycles. The predicted octanol–water partition coefficient (Wildman–Crippen LogP) is 0.404. The molecule has 1 aromatic rings. The van der Waals surface area contributed by atoms with Crippen molar-refractivity contribution in [3.05, 3.63) is 18.0 Å². The van der Waals surface area contributed by atoms with Gasteiger partial charge in [0.2, 0.25) is 5.95 Å². The number of piperidine rings is 1. The molecule has 20 heavy (non-hydrogen) atoms. The number of nitrogen functional groups attached to an aromatic ring is 1. The Balaban J connectivity index is 1.96. The number of rotatable bonds is 5. The lowest BCUT2D eigenvalue weighted by Gasteiger charge is -2.44. The summed E-state index contributed by atoms with van der Waals surface area (Å²) in [5, 5.41) is 20.0. The first kappa shape index (κ1) is 15.2. The highest BCUT2D eigenvalue weighted by Crippen LogP contribution is 2.36. The van der Waals surface area contributed by atoms with E-state index in [1.54, 1.807) is 12.4 Å². The van der Waals surface area contributed by atoms with Crippen LogP contribution in [0.5, 0.6) is 0 Å². The molecule has 1 fully saturated rings. The van der Waals surface area contributed by atoms with Gasteiger partial charge in [0, 0.05) is 36.5 Å². The first-order valence-electron chi connectivity index (χ1n) is 7.17. The SMILES string of the molecule is CCC[C@]1(CO)CCN(Cc2cnc(N)nc2)C[C@@H]1O. The summed E-state index contributed by atoms with van der Waals surface area (Å²) in [4.78, 5) is 10.1. The van der Waals surface area contributed by atoms with Crippen molar-refractivity contribution < 1.29 is 10.2 Å². The molecular formula is C14H24N4O2. The molecule has 1 aromatic heterocycles. The molecule has 1 saturated heterocycles. The highest BCUT2D eigenvalue weighted by atomic mass is 16.3. The Morgan fingerprint density at radius 3 is 2.70 bits per heavy atom. The van der Waals surface area contributed by atoms with E-state index in [2.05, 4.69) is 21.8 Å². The van der Waals surface area contributed by atoms with Crippen LogP contribution in [0.1, 0.15) is 31.7 Å². The molecular weight excluding hydrogens is 256 g/mol. The average molecular weight is 280 g/mol. The third-order valence-electron chi connectivity index (χ3n) is 4.26. The monoisotopic (exact) mass is 280 g/mol. The molecule has 1 aliphatic heterocycles. The Morgan fingerprint density at radius 1 is 1.45 bits per heavy atom. The molecule has 2 rings (SSSR count). The molecule has 6 nitrogen and oxygen atoms in total. The molecule has 0 spiro atoms. The molecule has 0 unspecified atom stereocenters. The van der Waals surface area contributed by atoms with E-state index in [4.69, 9.17) is 5.73 Å². The van der Waals surface area contributed by atoms with Gasteiger partial charge < -0.3 is 15.9 Å². The largest absolute Gasteiger partial charge is 0.396 e. The summed E-state index contributed by atoms with van der Waals surface area (Å²) in [6.07, 6.45) is 5.60. The smallest absolute Gasteiger partial charge is 0.219 e. The fraction of sp³-hybridized carbons (Fsp3) is 0.714. The third-order valence-corrected chi connectivity index (χ3v) is 4.26. The summed E-state index contributed by atoms with van der Waals surface area (Å²) < 4.78 is 0. The minimum absolute atomic E-state index is 0.0564. The van der Waals surface area contributed by atoms with E-state index in [0.29, 0.717) is 13.1 Å². The summed E-state index contributed by atoms with van der Waals surface area (Å²) in [6.45, 7) is 4.28. The maximum atomic E-state index is 10.4. The summed E-state index contributed by atoms with van der Waals surface area (Å²) in [7, 11) is 0. The number of nitrogens with zero attached hydrogens (tertiary/aromatic N) is 3. The number of aliphatic hydroxyl groups excluding tert-OH is 2. The summed E-state index contributed by atoms with van der Waals surface area (Å²) in [5.41, 5.74) is 6.12. The fourth-order valence-electron chi connectivity index (χ4n) is 2.98. The lowest BCUT2D eigenvalue weighted by Crippen LogP contribution is -2.52. The highest BCUT2D eigenvalue weighted by molar-refractivity contribution is 5.17. The van der Waals surface area contributed by atoms with Gasteiger partial charge in [0.1, 0.15) is 0 Å². The van der Waals surface area contributed by atoms with Crippen LogP contribution in [0.15, 0.2) is 12.4 Å². The molecule has 0 bridgehead atoms. The molecule has 112 valence electrons. The Bertz CT molecular complexity index is 426. The maximum absolute atomic E-state index is 10.4. The molecule has 0 radical (unpaired) electrons. The van der Waals surface area contributed by atoms with Crippen LogP contribution >= 0.6 is 0 Å². The van der Waals surface area contributed by atoms with Crippen LogP contribution in [0, 0.1) is 5.41 Å². The van der Waals surface area contributed by atoms with E-state index in [-0.39, 0.29) is 18.0 Å². The van der Waals surface area contributed by atoms with Crippen LogP contribution in [0.4, 0.5) is 5.95 Å². The molecule has 6 heteroatoms. The van der Waals surface area contributed by atoms with E-state index in [9.17, 15) is 10.2 Å². The van der Waals surface area contributed by atoms with E-state index < -0.39 is 6.10 Å². The minimum atomic E-state index is -0.490. The number of hydrogen-bond acceptors (Lipinski definition) is 6. The zero-order valence-corrected chi connectivity index (χ0v) is 12.0. The average Bonchev–Trinajstić information content (AvgIpc) is 2.45. The zero-order chi connectivity index (χ0) is 14.6. The Hall–Kier alpha value is -1.24. The van der Waals surface area contributed by atoms with Gasteiger partial charge in [-0.25, -0.2) is 9.97 Å². The lowest BCUT2D eigenvalue weighted by molar-refractivity contribution is -0.0803. The van der Waals surface area contributed by atoms with E-state index >= 15 is 0 Å². The number of nitrogens with two attached hydrogens (primary N) is 1. The quantitative estimate of drug-likeness (QED) is 0.723. The van der Waals surface area contributed by atoms with E-state index in [1.165, 1.54) is 0 Å². The third kappa shape index (κ3) is 3.26. The van der Waals surface area contributed by atoms with E-state index in [1.807, 2.05) is 0 Å². The molecule has 4 N–H and O–H groups in total. The molecule has 0 aromatic carbocycles. The normalized spacial score (nSPS) is 27.6. The molecule has 1 aliphatic rings. The van der Waals surface area contributed by atoms with Crippen molar-refractivity contribution in [1.82, 2.24) is 14.9 Å². The van der Waals surface area contributed by atoms with Crippen molar-refractivity contribution in [2.24, 2.45) is 5.41 Å². The number of aliphatic hydroxyl groups is 2. The van der Waals surface area contributed by atoms with Crippen molar-refractivity contribution in [3.8, 4) is 0 Å². The summed E-state index contributed by atoms with van der Waals surface area (Å²) in [5.74, 6) is 0.273. The standard InChI is InChI=1S/C14H24N4O2/c1-2-3-14(10-19)4-5-18(9-12(14)20)8-11-6-16-13(15)17-7-11/h6-7,12,19-20H,2-5,8-10H2,1H3,(H2,15,16,17)/t12-,14+/m0/s1. The van der Waals surface area contributed by atoms with Crippen LogP contribution < -0.4 is 5.73 Å². The van der Waals surface area contributed by atoms with Crippen molar-refractivity contribution in [1.29, 1.82) is 0 Å². The molecule has 2 atom stereocenters. The molecule has 0 aliphatic carbocycles. The zero-order valence-electron chi connectivity index (χ0n) is 12.0. The number of hydrogen-bond donors (Lipinski definition) is 3. The second-order valence-electron chi connectivity index (χ2n) is 5.72. The summed E-state index contributed by atoms with van der Waals surface area (Å²) >= 11 is 0. The second-order valence-corrected chi connectivity index (χ2v) is 5.72. The number of aromatic nitrogens is 2. The van der Waals surface area contributed by atoms with Gasteiger partial charge in [-0.3, -0.25) is 4.90 Å². The van der Waals surface area contributed by atoms with Crippen LogP contribution in [0.3, 0.4) is 0 Å². The molecule has 0 amide bonds. The highest BCUT2D eigenvalue weighted by Gasteiger charge is 2.40. The van der Waals surface area contributed by atoms with Gasteiger partial charge >= 0.3 is 0 Å². The van der Waals surface area contributed by atoms with Crippen LogP contribution in [0.25, 0.3) is 0 Å². The summed E-state index contributed by atoms with van der Waals surface area (Å²) in [6, 6.07) is 0. The number of likely N-dealkylation sites (tertiary alicyclic amines) is 1. The second kappa shape index (κ2) is 6.47. The predicted molar refractivity (Wildman–Crippen MR) is 76.8 cm³/mol. The fourth-order valence-corrected chi connectivity index (χ4v) is 2.98. The number of β-amino-alcohol motifs (C(OH)–C–C–N with tert-alkyl or cyclic N) is 1. The Morgan fingerprint density at radius 2 is 2.15 bits per heavy atom. The van der Waals surface area contributed by atoms with Crippen molar-refractivity contribution in [3.63, 3.8) is 0 Å². The maximum Gasteiger partial charge on any atom is 0.219 e. The molecule has 0 saturated carbocycles. The van der Waals surface area contributed by atoms with Crippen LogP contribution in [-0.4, -0.2) is 50.9 Å². The van der Waals surface area contributed by atoms with Gasteiger partial charge in [0.05, 0.1) is 12.7 Å².